The molecule has 0 atom stereocenters. The molecule has 0 radical (unpaired) electrons. The van der Waals surface area contributed by atoms with Crippen molar-refractivity contribution in [1.29, 1.82) is 0 Å². The average Bonchev–Trinajstić information content (AvgIpc) is 2.51. The Labute approximate surface area is 134 Å². The third-order valence-corrected chi connectivity index (χ3v) is 3.55. The fourth-order valence-electron chi connectivity index (χ4n) is 1.96. The van der Waals surface area contributed by atoms with Crippen LogP contribution in [-0.4, -0.2) is 13.7 Å². The van der Waals surface area contributed by atoms with E-state index in [1.54, 1.807) is 7.11 Å². The molecular formula is C17H20BrNO2. The first kappa shape index (κ1) is 15.9. The average molecular weight is 350 g/mol. The lowest BCUT2D eigenvalue weighted by Gasteiger charge is -2.13. The van der Waals surface area contributed by atoms with E-state index < -0.39 is 0 Å². The van der Waals surface area contributed by atoms with Gasteiger partial charge in [-0.2, -0.15) is 0 Å². The van der Waals surface area contributed by atoms with Crippen LogP contribution >= 0.6 is 15.9 Å². The summed E-state index contributed by atoms with van der Waals surface area (Å²) in [4.78, 5) is 0. The summed E-state index contributed by atoms with van der Waals surface area (Å²) in [6, 6.07) is 13.7. The van der Waals surface area contributed by atoms with Crippen LogP contribution in [0.1, 0.15) is 18.9 Å². The number of methoxy groups -OCH3 is 1. The van der Waals surface area contributed by atoms with Gasteiger partial charge in [0.1, 0.15) is 17.2 Å². The van der Waals surface area contributed by atoms with Crippen molar-refractivity contribution < 1.29 is 9.47 Å². The minimum absolute atomic E-state index is 0.790. The van der Waals surface area contributed by atoms with Crippen molar-refractivity contribution in [2.75, 3.05) is 13.7 Å². The van der Waals surface area contributed by atoms with Gasteiger partial charge in [0.25, 0.3) is 0 Å². The van der Waals surface area contributed by atoms with Crippen LogP contribution in [0.4, 0.5) is 0 Å². The van der Waals surface area contributed by atoms with E-state index in [-0.39, 0.29) is 0 Å². The van der Waals surface area contributed by atoms with Crippen molar-refractivity contribution in [3.63, 3.8) is 0 Å². The minimum atomic E-state index is 0.790. The fraction of sp³-hybridized carbons (Fsp3) is 0.294. The molecule has 0 amide bonds. The summed E-state index contributed by atoms with van der Waals surface area (Å²) in [5.41, 5.74) is 1.13. The van der Waals surface area contributed by atoms with Crippen LogP contribution < -0.4 is 14.8 Å². The van der Waals surface area contributed by atoms with Crippen molar-refractivity contribution >= 4 is 15.9 Å². The van der Waals surface area contributed by atoms with Gasteiger partial charge in [-0.15, -0.1) is 0 Å². The van der Waals surface area contributed by atoms with Gasteiger partial charge in [-0.3, -0.25) is 0 Å². The zero-order chi connectivity index (χ0) is 15.1. The van der Waals surface area contributed by atoms with E-state index in [1.165, 1.54) is 0 Å². The summed E-state index contributed by atoms with van der Waals surface area (Å²) in [5.74, 6) is 2.49. The number of benzene rings is 2. The SMILES string of the molecule is CCCNCc1cc(Br)ccc1Oc1ccc(OC)cc1. The lowest BCUT2D eigenvalue weighted by Crippen LogP contribution is -2.14. The maximum absolute atomic E-state index is 5.98. The Kier molecular flexibility index (Phi) is 6.08. The van der Waals surface area contributed by atoms with Crippen molar-refractivity contribution in [2.24, 2.45) is 0 Å². The highest BCUT2D eigenvalue weighted by molar-refractivity contribution is 9.10. The third kappa shape index (κ3) is 4.76. The number of hydrogen-bond donors (Lipinski definition) is 1. The van der Waals surface area contributed by atoms with Crippen LogP contribution in [0.15, 0.2) is 46.9 Å². The predicted molar refractivity (Wildman–Crippen MR) is 89.2 cm³/mol. The predicted octanol–water partition coefficient (Wildman–Crippen LogP) is 4.75. The largest absolute Gasteiger partial charge is 0.497 e. The second-order valence-corrected chi connectivity index (χ2v) is 5.62. The van der Waals surface area contributed by atoms with E-state index in [0.717, 1.165) is 46.8 Å². The highest BCUT2D eigenvalue weighted by atomic mass is 79.9. The number of rotatable bonds is 7. The van der Waals surface area contributed by atoms with Gasteiger partial charge in [0.15, 0.2) is 0 Å². The Morgan fingerprint density at radius 3 is 2.43 bits per heavy atom. The molecule has 0 aliphatic rings. The van der Waals surface area contributed by atoms with Crippen LogP contribution in [0, 0.1) is 0 Å². The van der Waals surface area contributed by atoms with Crippen LogP contribution in [0.25, 0.3) is 0 Å². The van der Waals surface area contributed by atoms with Gasteiger partial charge in [0.05, 0.1) is 7.11 Å². The molecule has 0 aromatic heterocycles. The van der Waals surface area contributed by atoms with E-state index in [9.17, 15) is 0 Å². The zero-order valence-electron chi connectivity index (χ0n) is 12.4. The Morgan fingerprint density at radius 2 is 1.76 bits per heavy atom. The molecule has 2 aromatic rings. The third-order valence-electron chi connectivity index (χ3n) is 3.05. The first-order chi connectivity index (χ1) is 10.2. The molecule has 2 aromatic carbocycles. The van der Waals surface area contributed by atoms with Crippen LogP contribution in [0.3, 0.4) is 0 Å². The first-order valence-corrected chi connectivity index (χ1v) is 7.83. The summed E-state index contributed by atoms with van der Waals surface area (Å²) in [6.07, 6.45) is 1.11. The Hall–Kier alpha value is -1.52. The standard InChI is InChI=1S/C17H20BrNO2/c1-3-10-19-12-13-11-14(18)4-9-17(13)21-16-7-5-15(20-2)6-8-16/h4-9,11,19H,3,10,12H2,1-2H3. The summed E-state index contributed by atoms with van der Waals surface area (Å²) in [5, 5.41) is 3.40. The molecule has 4 heteroatoms. The molecule has 21 heavy (non-hydrogen) atoms. The van der Waals surface area contributed by atoms with Crippen molar-refractivity contribution in [3.05, 3.63) is 52.5 Å². The van der Waals surface area contributed by atoms with Gasteiger partial charge in [0, 0.05) is 16.6 Å². The van der Waals surface area contributed by atoms with Gasteiger partial charge in [-0.05, 0) is 55.4 Å². The molecule has 3 nitrogen and oxygen atoms in total. The number of ether oxygens (including phenoxy) is 2. The number of nitrogens with one attached hydrogen (secondary N) is 1. The van der Waals surface area contributed by atoms with Gasteiger partial charge < -0.3 is 14.8 Å². The Balaban J connectivity index is 2.13. The monoisotopic (exact) mass is 349 g/mol. The molecule has 0 aliphatic heterocycles. The second-order valence-electron chi connectivity index (χ2n) is 4.71. The molecule has 0 heterocycles. The quantitative estimate of drug-likeness (QED) is 0.731. The molecular weight excluding hydrogens is 330 g/mol. The van der Waals surface area contributed by atoms with Crippen LogP contribution in [0.2, 0.25) is 0 Å². The summed E-state index contributed by atoms with van der Waals surface area (Å²) < 4.78 is 12.2. The molecule has 1 N–H and O–H groups in total. The highest BCUT2D eigenvalue weighted by Gasteiger charge is 2.06. The van der Waals surface area contributed by atoms with Gasteiger partial charge in [0.2, 0.25) is 0 Å². The maximum atomic E-state index is 5.98. The van der Waals surface area contributed by atoms with Crippen LogP contribution in [-0.2, 0) is 6.54 Å². The molecule has 0 bridgehead atoms. The second kappa shape index (κ2) is 8.05. The summed E-state index contributed by atoms with van der Waals surface area (Å²) in [7, 11) is 1.65. The molecule has 0 saturated carbocycles. The lowest BCUT2D eigenvalue weighted by molar-refractivity contribution is 0.412. The minimum Gasteiger partial charge on any atom is -0.497 e. The van der Waals surface area contributed by atoms with Gasteiger partial charge >= 0.3 is 0 Å². The first-order valence-electron chi connectivity index (χ1n) is 7.04. The topological polar surface area (TPSA) is 30.5 Å². The molecule has 0 saturated heterocycles. The normalized spacial score (nSPS) is 10.4. The number of hydrogen-bond acceptors (Lipinski definition) is 3. The molecule has 2 rings (SSSR count). The zero-order valence-corrected chi connectivity index (χ0v) is 13.9. The molecule has 0 spiro atoms. The van der Waals surface area contributed by atoms with E-state index >= 15 is 0 Å². The molecule has 0 unspecified atom stereocenters. The molecule has 112 valence electrons. The van der Waals surface area contributed by atoms with Gasteiger partial charge in [-0.1, -0.05) is 22.9 Å². The van der Waals surface area contributed by atoms with Crippen molar-refractivity contribution in [1.82, 2.24) is 5.32 Å². The van der Waals surface area contributed by atoms with Crippen molar-refractivity contribution in [2.45, 2.75) is 19.9 Å². The molecule has 0 fully saturated rings. The highest BCUT2D eigenvalue weighted by Crippen LogP contribution is 2.29. The number of halogens is 1. The van der Waals surface area contributed by atoms with Crippen molar-refractivity contribution in [3.8, 4) is 17.2 Å². The summed E-state index contributed by atoms with van der Waals surface area (Å²) >= 11 is 3.51. The van der Waals surface area contributed by atoms with E-state index in [2.05, 4.69) is 34.2 Å². The fourth-order valence-corrected chi connectivity index (χ4v) is 2.36. The maximum Gasteiger partial charge on any atom is 0.131 e. The van der Waals surface area contributed by atoms with E-state index in [4.69, 9.17) is 9.47 Å². The van der Waals surface area contributed by atoms with Crippen LogP contribution in [0.5, 0.6) is 17.2 Å². The summed E-state index contributed by atoms with van der Waals surface area (Å²) in [6.45, 7) is 3.94. The van der Waals surface area contributed by atoms with E-state index in [1.807, 2.05) is 36.4 Å². The van der Waals surface area contributed by atoms with E-state index in [0.29, 0.717) is 0 Å². The smallest absolute Gasteiger partial charge is 0.131 e. The molecule has 0 aliphatic carbocycles. The Bertz CT molecular complexity index is 570. The lowest BCUT2D eigenvalue weighted by atomic mass is 10.2. The Morgan fingerprint density at radius 1 is 1.05 bits per heavy atom. The van der Waals surface area contributed by atoms with Gasteiger partial charge in [-0.25, -0.2) is 0 Å².